The van der Waals surface area contributed by atoms with E-state index >= 15 is 0 Å². The number of ether oxygens (including phenoxy) is 1. The SMILES string of the molecule is [N-]=[N+]=NC(=O)c1cc(Oc2ccc(C(F)(F)F)c(Cl)c2)ccc1[N+](=O)[O-]. The number of halogens is 4. The monoisotopic (exact) mass is 386 g/mol. The first-order valence-corrected chi connectivity index (χ1v) is 6.93. The number of azide groups is 1. The Morgan fingerprint density at radius 1 is 1.23 bits per heavy atom. The van der Waals surface area contributed by atoms with Crippen LogP contribution in [-0.2, 0) is 6.18 Å². The molecule has 0 aromatic heterocycles. The number of nitro groups is 1. The molecule has 0 heterocycles. The Morgan fingerprint density at radius 3 is 2.38 bits per heavy atom. The molecule has 1 amide bonds. The van der Waals surface area contributed by atoms with E-state index in [0.29, 0.717) is 6.07 Å². The first-order chi connectivity index (χ1) is 12.1. The van der Waals surface area contributed by atoms with Crippen LogP contribution in [0, 0.1) is 10.1 Å². The van der Waals surface area contributed by atoms with Crippen LogP contribution in [-0.4, -0.2) is 10.8 Å². The minimum Gasteiger partial charge on any atom is -0.457 e. The molecule has 0 N–H and O–H groups in total. The van der Waals surface area contributed by atoms with Crippen LogP contribution in [0.5, 0.6) is 11.5 Å². The van der Waals surface area contributed by atoms with Crippen molar-refractivity contribution in [1.29, 1.82) is 0 Å². The Labute approximate surface area is 147 Å². The van der Waals surface area contributed by atoms with Crippen molar-refractivity contribution < 1.29 is 27.6 Å². The van der Waals surface area contributed by atoms with E-state index in [1.54, 1.807) is 0 Å². The van der Waals surface area contributed by atoms with Gasteiger partial charge in [-0.25, -0.2) is 0 Å². The van der Waals surface area contributed by atoms with E-state index in [2.05, 4.69) is 10.0 Å². The lowest BCUT2D eigenvalue weighted by Crippen LogP contribution is -2.05. The molecule has 0 spiro atoms. The Kier molecular flexibility index (Phi) is 5.34. The summed E-state index contributed by atoms with van der Waals surface area (Å²) < 4.78 is 43.3. The van der Waals surface area contributed by atoms with Crippen molar-refractivity contribution in [3.8, 4) is 11.5 Å². The van der Waals surface area contributed by atoms with Gasteiger partial charge < -0.3 is 4.74 Å². The van der Waals surface area contributed by atoms with Gasteiger partial charge in [-0.05, 0) is 34.9 Å². The number of carbonyl (C=O) groups excluding carboxylic acids is 1. The third kappa shape index (κ3) is 4.21. The predicted octanol–water partition coefficient (Wildman–Crippen LogP) is 5.51. The largest absolute Gasteiger partial charge is 0.457 e. The molecule has 2 aromatic rings. The van der Waals surface area contributed by atoms with Crippen LogP contribution >= 0.6 is 11.6 Å². The van der Waals surface area contributed by atoms with Crippen LogP contribution in [0.3, 0.4) is 0 Å². The van der Waals surface area contributed by atoms with Crippen LogP contribution in [0.15, 0.2) is 41.5 Å². The van der Waals surface area contributed by atoms with Gasteiger partial charge in [0.25, 0.3) is 11.6 Å². The van der Waals surface area contributed by atoms with Gasteiger partial charge in [-0.2, -0.15) is 13.2 Å². The van der Waals surface area contributed by atoms with E-state index in [9.17, 15) is 28.1 Å². The molecule has 0 aliphatic rings. The van der Waals surface area contributed by atoms with E-state index in [-0.39, 0.29) is 11.5 Å². The predicted molar refractivity (Wildman–Crippen MR) is 83.1 cm³/mol. The van der Waals surface area contributed by atoms with E-state index < -0.39 is 38.8 Å². The normalized spacial score (nSPS) is 10.8. The Morgan fingerprint density at radius 2 is 1.85 bits per heavy atom. The molecule has 26 heavy (non-hydrogen) atoms. The lowest BCUT2D eigenvalue weighted by molar-refractivity contribution is -0.385. The number of nitrogens with zero attached hydrogens (tertiary/aromatic N) is 4. The third-order valence-corrected chi connectivity index (χ3v) is 3.33. The van der Waals surface area contributed by atoms with Crippen molar-refractivity contribution in [2.24, 2.45) is 5.11 Å². The summed E-state index contributed by atoms with van der Waals surface area (Å²) in [7, 11) is 0. The summed E-state index contributed by atoms with van der Waals surface area (Å²) in [6.07, 6.45) is -4.64. The highest BCUT2D eigenvalue weighted by atomic mass is 35.5. The fourth-order valence-electron chi connectivity index (χ4n) is 1.93. The highest BCUT2D eigenvalue weighted by Gasteiger charge is 2.33. The minimum atomic E-state index is -4.64. The van der Waals surface area contributed by atoms with Crippen molar-refractivity contribution in [3.05, 3.63) is 73.1 Å². The van der Waals surface area contributed by atoms with Crippen molar-refractivity contribution in [2.45, 2.75) is 6.18 Å². The summed E-state index contributed by atoms with van der Waals surface area (Å²) in [5.74, 6) is -1.42. The van der Waals surface area contributed by atoms with E-state index in [4.69, 9.17) is 21.9 Å². The Balaban J connectivity index is 2.40. The molecule has 0 bridgehead atoms. The van der Waals surface area contributed by atoms with Gasteiger partial charge in [-0.15, -0.1) is 0 Å². The average Bonchev–Trinajstić information content (AvgIpc) is 2.53. The highest BCUT2D eigenvalue weighted by molar-refractivity contribution is 6.31. The molecular formula is C14H6ClF3N4O4. The first-order valence-electron chi connectivity index (χ1n) is 6.56. The van der Waals surface area contributed by atoms with Gasteiger partial charge in [0.05, 0.1) is 15.5 Å². The highest BCUT2D eigenvalue weighted by Crippen LogP contribution is 2.37. The van der Waals surface area contributed by atoms with Gasteiger partial charge in [0.2, 0.25) is 0 Å². The van der Waals surface area contributed by atoms with Crippen LogP contribution in [0.25, 0.3) is 10.4 Å². The summed E-state index contributed by atoms with van der Waals surface area (Å²) in [5.41, 5.74) is 6.06. The second-order valence-electron chi connectivity index (χ2n) is 4.67. The molecule has 2 aromatic carbocycles. The molecule has 0 saturated heterocycles. The van der Waals surface area contributed by atoms with Crippen molar-refractivity contribution in [1.82, 2.24) is 0 Å². The number of benzene rings is 2. The summed E-state index contributed by atoms with van der Waals surface area (Å²) in [6, 6.07) is 5.58. The van der Waals surface area contributed by atoms with Gasteiger partial charge in [0.15, 0.2) is 0 Å². The van der Waals surface area contributed by atoms with Crippen molar-refractivity contribution >= 4 is 23.2 Å². The zero-order valence-corrected chi connectivity index (χ0v) is 13.2. The quantitative estimate of drug-likeness (QED) is 0.226. The van der Waals surface area contributed by atoms with Crippen LogP contribution in [0.2, 0.25) is 5.02 Å². The van der Waals surface area contributed by atoms with Gasteiger partial charge in [-0.3, -0.25) is 14.9 Å². The molecule has 12 heteroatoms. The fraction of sp³-hybridized carbons (Fsp3) is 0.0714. The van der Waals surface area contributed by atoms with E-state index in [1.165, 1.54) is 0 Å². The maximum Gasteiger partial charge on any atom is 0.417 e. The zero-order chi connectivity index (χ0) is 19.5. The third-order valence-electron chi connectivity index (χ3n) is 3.01. The van der Waals surface area contributed by atoms with Crippen molar-refractivity contribution in [2.75, 3.05) is 0 Å². The number of alkyl halides is 3. The number of rotatable bonds is 4. The number of hydrogen-bond acceptors (Lipinski definition) is 4. The summed E-state index contributed by atoms with van der Waals surface area (Å²) in [5, 5.41) is 13.1. The first kappa shape index (κ1) is 19.0. The topological polar surface area (TPSA) is 118 Å². The summed E-state index contributed by atoms with van der Waals surface area (Å²) >= 11 is 5.57. The number of amides is 1. The van der Waals surface area contributed by atoms with Gasteiger partial charge in [0.1, 0.15) is 17.1 Å². The molecule has 0 unspecified atom stereocenters. The fourth-order valence-corrected chi connectivity index (χ4v) is 2.21. The van der Waals surface area contributed by atoms with Gasteiger partial charge in [-0.1, -0.05) is 11.6 Å². The molecule has 0 atom stereocenters. The van der Waals surface area contributed by atoms with E-state index in [0.717, 1.165) is 30.3 Å². The maximum atomic E-state index is 12.7. The lowest BCUT2D eigenvalue weighted by atomic mass is 10.1. The van der Waals surface area contributed by atoms with E-state index in [1.807, 2.05) is 0 Å². The molecule has 134 valence electrons. The summed E-state index contributed by atoms with van der Waals surface area (Å²) in [4.78, 5) is 24.0. The molecule has 2 rings (SSSR count). The molecule has 8 nitrogen and oxygen atoms in total. The second-order valence-corrected chi connectivity index (χ2v) is 5.08. The Bertz CT molecular complexity index is 942. The van der Waals surface area contributed by atoms with Gasteiger partial charge >= 0.3 is 6.18 Å². The summed E-state index contributed by atoms with van der Waals surface area (Å²) in [6.45, 7) is 0. The average molecular weight is 387 g/mol. The standard InChI is InChI=1S/C14H6ClF3N4O4/c15-11-6-8(1-3-10(11)14(16,17)18)26-7-2-4-12(22(24)25)9(5-7)13(23)20-21-19/h1-6H. The second kappa shape index (κ2) is 7.30. The molecular weight excluding hydrogens is 381 g/mol. The lowest BCUT2D eigenvalue weighted by Gasteiger charge is -2.11. The number of nitro benzene ring substituents is 1. The molecule has 0 aliphatic carbocycles. The Hall–Kier alpha value is -3.30. The molecule has 0 aliphatic heterocycles. The van der Waals surface area contributed by atoms with Crippen molar-refractivity contribution in [3.63, 3.8) is 0 Å². The van der Waals surface area contributed by atoms with Gasteiger partial charge in [0, 0.05) is 17.0 Å². The van der Waals surface area contributed by atoms with Crippen LogP contribution < -0.4 is 4.74 Å². The zero-order valence-electron chi connectivity index (χ0n) is 12.4. The number of carbonyl (C=O) groups is 1. The smallest absolute Gasteiger partial charge is 0.417 e. The maximum absolute atomic E-state index is 12.7. The molecule has 0 radical (unpaired) electrons. The number of hydrogen-bond donors (Lipinski definition) is 0. The molecule has 0 fully saturated rings. The minimum absolute atomic E-state index is 0.0981. The van der Waals surface area contributed by atoms with Crippen LogP contribution in [0.4, 0.5) is 18.9 Å². The molecule has 0 saturated carbocycles. The van der Waals surface area contributed by atoms with Crippen LogP contribution in [0.1, 0.15) is 15.9 Å².